The maximum atomic E-state index is 12.6. The van der Waals surface area contributed by atoms with Gasteiger partial charge in [0.05, 0.1) is 24.0 Å². The van der Waals surface area contributed by atoms with Crippen LogP contribution in [0, 0.1) is 5.92 Å². The third kappa shape index (κ3) is 5.25. The Bertz CT molecular complexity index is 756. The highest BCUT2D eigenvalue weighted by atomic mass is 32.2. The van der Waals surface area contributed by atoms with Gasteiger partial charge in [0.1, 0.15) is 4.90 Å². The number of pyridine rings is 1. The molecule has 2 aliphatic rings. The number of hydrogen-bond donors (Lipinski definition) is 0. The van der Waals surface area contributed by atoms with Gasteiger partial charge in [-0.25, -0.2) is 13.4 Å². The molecule has 0 bridgehead atoms. The van der Waals surface area contributed by atoms with Crippen LogP contribution in [0.15, 0.2) is 28.3 Å². The maximum absolute atomic E-state index is 12.6. The molecule has 0 spiro atoms. The molecule has 28 heavy (non-hydrogen) atoms. The van der Waals surface area contributed by atoms with Gasteiger partial charge in [0.15, 0.2) is 0 Å². The fourth-order valence-electron chi connectivity index (χ4n) is 3.61. The van der Waals surface area contributed by atoms with Crippen LogP contribution < -0.4 is 0 Å². The molecule has 1 amide bonds. The smallest absolute Gasteiger partial charge is 0.244 e. The predicted molar refractivity (Wildman–Crippen MR) is 109 cm³/mol. The van der Waals surface area contributed by atoms with Crippen molar-refractivity contribution in [1.29, 1.82) is 0 Å². The van der Waals surface area contributed by atoms with E-state index in [2.05, 4.69) is 11.9 Å². The Morgan fingerprint density at radius 2 is 1.93 bits per heavy atom. The second kappa shape index (κ2) is 9.56. The maximum Gasteiger partial charge on any atom is 0.244 e. The van der Waals surface area contributed by atoms with Crippen molar-refractivity contribution in [1.82, 2.24) is 14.2 Å². The molecule has 7 nitrogen and oxygen atoms in total. The van der Waals surface area contributed by atoms with Crippen LogP contribution >= 0.6 is 11.8 Å². The summed E-state index contributed by atoms with van der Waals surface area (Å²) < 4.78 is 31.9. The number of ether oxygens (including phenoxy) is 1. The number of hydrogen-bond acceptors (Lipinski definition) is 6. The van der Waals surface area contributed by atoms with Crippen LogP contribution in [-0.2, 0) is 19.6 Å². The number of carbonyl (C=O) groups excluding carboxylic acids is 1. The van der Waals surface area contributed by atoms with Crippen molar-refractivity contribution in [2.75, 3.05) is 39.1 Å². The Morgan fingerprint density at radius 1 is 1.25 bits per heavy atom. The minimum atomic E-state index is -3.54. The van der Waals surface area contributed by atoms with Crippen molar-refractivity contribution in [2.24, 2.45) is 5.92 Å². The Balaban J connectivity index is 1.53. The zero-order valence-electron chi connectivity index (χ0n) is 16.5. The Morgan fingerprint density at radius 3 is 2.54 bits per heavy atom. The topological polar surface area (TPSA) is 79.8 Å². The third-order valence-corrected chi connectivity index (χ3v) is 8.40. The van der Waals surface area contributed by atoms with Crippen molar-refractivity contribution in [3.8, 4) is 0 Å². The quantitative estimate of drug-likeness (QED) is 0.648. The van der Waals surface area contributed by atoms with Crippen LogP contribution in [0.1, 0.15) is 32.6 Å². The number of aromatic nitrogens is 1. The largest absolute Gasteiger partial charge is 0.379 e. The number of thioether (sulfide) groups is 1. The summed E-state index contributed by atoms with van der Waals surface area (Å²) >= 11 is 1.35. The van der Waals surface area contributed by atoms with Gasteiger partial charge in [-0.2, -0.15) is 4.31 Å². The third-order valence-electron chi connectivity index (χ3n) is 5.59. The summed E-state index contributed by atoms with van der Waals surface area (Å²) in [6.07, 6.45) is 5.87. The summed E-state index contributed by atoms with van der Waals surface area (Å²) in [6, 6.07) is 3.57. The van der Waals surface area contributed by atoms with Crippen molar-refractivity contribution in [3.05, 3.63) is 18.3 Å². The molecule has 3 rings (SSSR count). The second-order valence-corrected chi connectivity index (χ2v) is 10.5. The molecule has 2 fully saturated rings. The highest BCUT2D eigenvalue weighted by molar-refractivity contribution is 7.99. The normalized spacial score (nSPS) is 24.1. The van der Waals surface area contributed by atoms with Crippen molar-refractivity contribution in [3.63, 3.8) is 0 Å². The minimum Gasteiger partial charge on any atom is -0.379 e. The van der Waals surface area contributed by atoms with E-state index in [4.69, 9.17) is 4.74 Å². The Hall–Kier alpha value is -1.16. The van der Waals surface area contributed by atoms with Crippen LogP contribution in [0.5, 0.6) is 0 Å². The lowest BCUT2D eigenvalue weighted by atomic mass is 9.87. The lowest BCUT2D eigenvalue weighted by molar-refractivity contribution is -0.129. The van der Waals surface area contributed by atoms with Crippen molar-refractivity contribution in [2.45, 2.75) is 48.6 Å². The summed E-state index contributed by atoms with van der Waals surface area (Å²) in [5.41, 5.74) is 0. The summed E-state index contributed by atoms with van der Waals surface area (Å²) in [7, 11) is -1.65. The number of carbonyl (C=O) groups is 1. The zero-order valence-corrected chi connectivity index (χ0v) is 18.2. The van der Waals surface area contributed by atoms with Gasteiger partial charge < -0.3 is 9.64 Å². The van der Waals surface area contributed by atoms with E-state index in [1.54, 1.807) is 12.1 Å². The van der Waals surface area contributed by atoms with E-state index in [1.807, 2.05) is 11.9 Å². The van der Waals surface area contributed by atoms with E-state index in [-0.39, 0.29) is 10.8 Å². The van der Waals surface area contributed by atoms with Crippen LogP contribution in [0.3, 0.4) is 0 Å². The van der Waals surface area contributed by atoms with E-state index in [9.17, 15) is 13.2 Å². The average molecular weight is 428 g/mol. The first-order valence-corrected chi connectivity index (χ1v) is 12.2. The molecule has 0 unspecified atom stereocenters. The minimum absolute atomic E-state index is 0.0939. The van der Waals surface area contributed by atoms with Crippen molar-refractivity contribution < 1.29 is 17.9 Å². The first-order valence-electron chi connectivity index (χ1n) is 9.80. The van der Waals surface area contributed by atoms with Gasteiger partial charge in [0.25, 0.3) is 0 Å². The highest BCUT2D eigenvalue weighted by Crippen LogP contribution is 2.27. The molecule has 0 radical (unpaired) electrons. The molecule has 1 saturated heterocycles. The molecule has 1 aromatic heterocycles. The fourth-order valence-corrected chi connectivity index (χ4v) is 5.73. The molecule has 1 aliphatic heterocycles. The van der Waals surface area contributed by atoms with Gasteiger partial charge in [-0.15, -0.1) is 0 Å². The Labute approximate surface area is 171 Å². The molecule has 2 heterocycles. The standard InChI is InChI=1S/C19H29N3O4S2/c1-15-3-5-16(6-4-15)21(2)19(23)14-27-18-8-7-17(13-20-18)28(24,25)22-9-11-26-12-10-22/h7-8,13,15-16H,3-6,9-12,14H2,1-2H3. The van der Waals surface area contributed by atoms with Gasteiger partial charge in [0, 0.05) is 32.4 Å². The molecule has 1 aliphatic carbocycles. The summed E-state index contributed by atoms with van der Waals surface area (Å²) in [6.45, 7) is 3.81. The number of sulfonamides is 1. The molecule has 0 N–H and O–H groups in total. The fraction of sp³-hybridized carbons (Fsp3) is 0.684. The first-order chi connectivity index (χ1) is 13.4. The summed E-state index contributed by atoms with van der Waals surface area (Å²) in [5, 5.41) is 0.653. The second-order valence-electron chi connectivity index (χ2n) is 7.56. The molecule has 0 atom stereocenters. The molecule has 1 saturated carbocycles. The van der Waals surface area contributed by atoms with Crippen LogP contribution in [-0.4, -0.2) is 73.7 Å². The highest BCUT2D eigenvalue weighted by Gasteiger charge is 2.27. The van der Waals surface area contributed by atoms with Gasteiger partial charge in [-0.1, -0.05) is 18.7 Å². The number of morpholine rings is 1. The van der Waals surface area contributed by atoms with Gasteiger partial charge in [0.2, 0.25) is 15.9 Å². The molecular weight excluding hydrogens is 398 g/mol. The van der Waals surface area contributed by atoms with Crippen LogP contribution in [0.2, 0.25) is 0 Å². The molecular formula is C19H29N3O4S2. The van der Waals surface area contributed by atoms with Gasteiger partial charge >= 0.3 is 0 Å². The van der Waals surface area contributed by atoms with E-state index < -0.39 is 10.0 Å². The van der Waals surface area contributed by atoms with Crippen LogP contribution in [0.25, 0.3) is 0 Å². The lowest BCUT2D eigenvalue weighted by Gasteiger charge is -2.33. The van der Waals surface area contributed by atoms with Gasteiger partial charge in [-0.05, 0) is 43.7 Å². The number of rotatable bonds is 6. The summed E-state index contributed by atoms with van der Waals surface area (Å²) in [4.78, 5) is 18.8. The van der Waals surface area contributed by atoms with E-state index >= 15 is 0 Å². The van der Waals surface area contributed by atoms with E-state index in [0.29, 0.717) is 43.1 Å². The molecule has 9 heteroatoms. The molecule has 156 valence electrons. The predicted octanol–water partition coefficient (Wildman–Crippen LogP) is 2.23. The van der Waals surface area contributed by atoms with E-state index in [1.165, 1.54) is 35.1 Å². The molecule has 1 aromatic rings. The first kappa shape index (κ1) is 21.5. The van der Waals surface area contributed by atoms with E-state index in [0.717, 1.165) is 18.8 Å². The van der Waals surface area contributed by atoms with Crippen LogP contribution in [0.4, 0.5) is 0 Å². The zero-order chi connectivity index (χ0) is 20.1. The summed E-state index contributed by atoms with van der Waals surface area (Å²) in [5.74, 6) is 1.16. The van der Waals surface area contributed by atoms with Crippen molar-refractivity contribution >= 4 is 27.7 Å². The molecule has 0 aromatic carbocycles. The number of amides is 1. The SMILES string of the molecule is CC1CCC(N(C)C(=O)CSc2ccc(S(=O)(=O)N3CCOCC3)cn2)CC1. The van der Waals surface area contributed by atoms with Gasteiger partial charge in [-0.3, -0.25) is 4.79 Å². The average Bonchev–Trinajstić information content (AvgIpc) is 2.73. The number of nitrogens with zero attached hydrogens (tertiary/aromatic N) is 3. The monoisotopic (exact) mass is 427 g/mol. The Kier molecular flexibility index (Phi) is 7.36. The lowest BCUT2D eigenvalue weighted by Crippen LogP contribution is -2.40.